The molecule has 0 aromatic heterocycles. The van der Waals surface area contributed by atoms with E-state index in [9.17, 15) is 0 Å². The molecule has 2 atom stereocenters. The molecule has 2 heteroatoms. The van der Waals surface area contributed by atoms with Gasteiger partial charge in [-0.2, -0.15) is 5.26 Å². The summed E-state index contributed by atoms with van der Waals surface area (Å²) < 4.78 is -0.0387. The summed E-state index contributed by atoms with van der Waals surface area (Å²) in [6.07, 6.45) is 0.938. The van der Waals surface area contributed by atoms with E-state index in [2.05, 4.69) is 34.1 Å². The average Bonchev–Trinajstić information content (AvgIpc) is 2.81. The maximum atomic E-state index is 8.72. The van der Waals surface area contributed by atoms with Crippen molar-refractivity contribution in [3.63, 3.8) is 0 Å². The molecule has 0 saturated heterocycles. The van der Waals surface area contributed by atoms with E-state index in [1.165, 1.54) is 5.56 Å². The van der Waals surface area contributed by atoms with Crippen LogP contribution in [-0.4, -0.2) is 0 Å². The Kier molecular flexibility index (Phi) is 1.69. The molecule has 1 nitrogen and oxygen atoms in total. The van der Waals surface area contributed by atoms with Crippen LogP contribution in [-0.2, 0) is 4.32 Å². The highest BCUT2D eigenvalue weighted by Crippen LogP contribution is 2.58. The molecule has 60 valence electrons. The van der Waals surface area contributed by atoms with Crippen molar-refractivity contribution in [1.29, 1.82) is 5.26 Å². The van der Waals surface area contributed by atoms with Crippen LogP contribution in [0.3, 0.4) is 0 Å². The van der Waals surface area contributed by atoms with Crippen LogP contribution < -0.4 is 0 Å². The van der Waals surface area contributed by atoms with Crippen molar-refractivity contribution < 1.29 is 0 Å². The Morgan fingerprint density at radius 1 is 1.42 bits per heavy atom. The lowest BCUT2D eigenvalue weighted by Crippen LogP contribution is -1.97. The molecular formula is C10H8BrN. The van der Waals surface area contributed by atoms with Gasteiger partial charge in [0.15, 0.2) is 0 Å². The second kappa shape index (κ2) is 2.60. The fourth-order valence-corrected chi connectivity index (χ4v) is 2.11. The molecule has 0 spiro atoms. The van der Waals surface area contributed by atoms with Crippen LogP contribution in [0.2, 0.25) is 0 Å². The Bertz CT molecular complexity index is 327. The SMILES string of the molecule is N#CC1CC1(Br)c1ccccc1. The molecule has 1 fully saturated rings. The van der Waals surface area contributed by atoms with Crippen LogP contribution in [0.5, 0.6) is 0 Å². The van der Waals surface area contributed by atoms with Crippen molar-refractivity contribution >= 4 is 15.9 Å². The Balaban J connectivity index is 2.30. The fraction of sp³-hybridized carbons (Fsp3) is 0.300. The first-order valence-corrected chi connectivity index (χ1v) is 4.71. The number of rotatable bonds is 1. The first-order valence-electron chi connectivity index (χ1n) is 3.91. The monoisotopic (exact) mass is 221 g/mol. The zero-order valence-electron chi connectivity index (χ0n) is 6.50. The highest BCUT2D eigenvalue weighted by Gasteiger charge is 2.53. The molecule has 1 aliphatic rings. The van der Waals surface area contributed by atoms with Gasteiger partial charge in [0, 0.05) is 0 Å². The zero-order chi connectivity index (χ0) is 8.60. The van der Waals surface area contributed by atoms with Crippen LogP contribution in [0.1, 0.15) is 12.0 Å². The van der Waals surface area contributed by atoms with E-state index in [0.29, 0.717) is 0 Å². The van der Waals surface area contributed by atoms with E-state index in [1.807, 2.05) is 18.2 Å². The van der Waals surface area contributed by atoms with E-state index >= 15 is 0 Å². The Hall–Kier alpha value is -0.810. The van der Waals surface area contributed by atoms with Gasteiger partial charge in [-0.05, 0) is 12.0 Å². The van der Waals surface area contributed by atoms with E-state index in [0.717, 1.165) is 6.42 Å². The summed E-state index contributed by atoms with van der Waals surface area (Å²) in [5, 5.41) is 8.72. The summed E-state index contributed by atoms with van der Waals surface area (Å²) in [4.78, 5) is 0. The van der Waals surface area contributed by atoms with Gasteiger partial charge in [0.2, 0.25) is 0 Å². The Morgan fingerprint density at radius 2 is 2.08 bits per heavy atom. The normalized spacial score (nSPS) is 32.5. The van der Waals surface area contributed by atoms with Gasteiger partial charge in [0.1, 0.15) is 0 Å². The molecule has 0 heterocycles. The second-order valence-electron chi connectivity index (χ2n) is 3.11. The smallest absolute Gasteiger partial charge is 0.0677 e. The van der Waals surface area contributed by atoms with Crippen LogP contribution in [0.4, 0.5) is 0 Å². The first-order chi connectivity index (χ1) is 5.77. The van der Waals surface area contributed by atoms with Gasteiger partial charge >= 0.3 is 0 Å². The Morgan fingerprint density at radius 3 is 2.58 bits per heavy atom. The zero-order valence-corrected chi connectivity index (χ0v) is 8.08. The van der Waals surface area contributed by atoms with Crippen molar-refractivity contribution in [1.82, 2.24) is 0 Å². The lowest BCUT2D eigenvalue weighted by Gasteiger charge is -2.05. The number of alkyl halides is 1. The summed E-state index contributed by atoms with van der Waals surface area (Å²) in [6.45, 7) is 0. The fourth-order valence-electron chi connectivity index (χ4n) is 1.42. The van der Waals surface area contributed by atoms with Crippen LogP contribution in [0.25, 0.3) is 0 Å². The van der Waals surface area contributed by atoms with E-state index < -0.39 is 0 Å². The van der Waals surface area contributed by atoms with Gasteiger partial charge in [0.05, 0.1) is 16.3 Å². The van der Waals surface area contributed by atoms with Crippen LogP contribution in [0.15, 0.2) is 30.3 Å². The average molecular weight is 222 g/mol. The maximum absolute atomic E-state index is 8.72. The Labute approximate surface area is 80.1 Å². The van der Waals surface area contributed by atoms with E-state index in [-0.39, 0.29) is 10.2 Å². The third-order valence-electron chi connectivity index (χ3n) is 2.30. The minimum Gasteiger partial charge on any atom is -0.198 e. The van der Waals surface area contributed by atoms with E-state index in [1.54, 1.807) is 0 Å². The topological polar surface area (TPSA) is 23.8 Å². The van der Waals surface area contributed by atoms with Crippen LogP contribution in [0, 0.1) is 17.2 Å². The van der Waals surface area contributed by atoms with E-state index in [4.69, 9.17) is 5.26 Å². The van der Waals surface area contributed by atoms with Gasteiger partial charge in [-0.3, -0.25) is 0 Å². The lowest BCUT2D eigenvalue weighted by molar-refractivity contribution is 0.970. The highest BCUT2D eigenvalue weighted by atomic mass is 79.9. The highest BCUT2D eigenvalue weighted by molar-refractivity contribution is 9.09. The molecule has 1 aromatic rings. The molecule has 0 amide bonds. The third-order valence-corrected chi connectivity index (χ3v) is 3.64. The van der Waals surface area contributed by atoms with Crippen molar-refractivity contribution in [2.75, 3.05) is 0 Å². The van der Waals surface area contributed by atoms with Gasteiger partial charge in [0.25, 0.3) is 0 Å². The summed E-state index contributed by atoms with van der Waals surface area (Å²) in [5.41, 5.74) is 1.22. The number of benzene rings is 1. The maximum Gasteiger partial charge on any atom is 0.0677 e. The quantitative estimate of drug-likeness (QED) is 0.670. The number of hydrogen-bond donors (Lipinski definition) is 0. The van der Waals surface area contributed by atoms with Gasteiger partial charge in [-0.25, -0.2) is 0 Å². The minimum atomic E-state index is -0.0387. The largest absolute Gasteiger partial charge is 0.198 e. The second-order valence-corrected chi connectivity index (χ2v) is 4.53. The molecule has 0 radical (unpaired) electrons. The van der Waals surface area contributed by atoms with Gasteiger partial charge in [-0.15, -0.1) is 0 Å². The minimum absolute atomic E-state index is 0.0387. The van der Waals surface area contributed by atoms with Crippen molar-refractivity contribution in [3.8, 4) is 6.07 Å². The molecule has 1 aliphatic carbocycles. The number of hydrogen-bond acceptors (Lipinski definition) is 1. The number of nitriles is 1. The first kappa shape index (κ1) is 7.82. The molecule has 2 unspecified atom stereocenters. The molecule has 0 aliphatic heterocycles. The lowest BCUT2D eigenvalue weighted by atomic mass is 10.1. The van der Waals surface area contributed by atoms with Crippen molar-refractivity contribution in [2.45, 2.75) is 10.7 Å². The standard InChI is InChI=1S/C10H8BrN/c11-10(6-9(10)7-12)8-4-2-1-3-5-8/h1-5,9H,6H2. The predicted octanol–water partition coefficient (Wildman–Crippen LogP) is 2.82. The third kappa shape index (κ3) is 1.05. The molecule has 1 saturated carbocycles. The molecule has 12 heavy (non-hydrogen) atoms. The number of halogens is 1. The molecule has 2 rings (SSSR count). The van der Waals surface area contributed by atoms with Gasteiger partial charge in [-0.1, -0.05) is 46.3 Å². The molecule has 0 bridgehead atoms. The molecular weight excluding hydrogens is 214 g/mol. The summed E-state index contributed by atoms with van der Waals surface area (Å²) in [5.74, 6) is 0.153. The van der Waals surface area contributed by atoms with Crippen molar-refractivity contribution in [3.05, 3.63) is 35.9 Å². The molecule has 0 N–H and O–H groups in total. The predicted molar refractivity (Wildman–Crippen MR) is 50.8 cm³/mol. The van der Waals surface area contributed by atoms with Crippen molar-refractivity contribution in [2.24, 2.45) is 5.92 Å². The summed E-state index contributed by atoms with van der Waals surface area (Å²) in [7, 11) is 0. The molecule has 1 aromatic carbocycles. The summed E-state index contributed by atoms with van der Waals surface area (Å²) >= 11 is 3.60. The summed E-state index contributed by atoms with van der Waals surface area (Å²) in [6, 6.07) is 12.4. The van der Waals surface area contributed by atoms with Crippen LogP contribution >= 0.6 is 15.9 Å². The number of nitrogens with zero attached hydrogens (tertiary/aromatic N) is 1. The van der Waals surface area contributed by atoms with Gasteiger partial charge < -0.3 is 0 Å².